The van der Waals surface area contributed by atoms with Gasteiger partial charge in [0.2, 0.25) is 0 Å². The quantitative estimate of drug-likeness (QED) is 0.669. The van der Waals surface area contributed by atoms with Gasteiger partial charge >= 0.3 is 0 Å². The number of benzene rings is 2. The van der Waals surface area contributed by atoms with Gasteiger partial charge in [0, 0.05) is 6.08 Å². The van der Waals surface area contributed by atoms with Crippen molar-refractivity contribution in [3.8, 4) is 12.1 Å². The molecule has 0 aliphatic carbocycles. The maximum atomic E-state index is 8.91. The normalized spacial score (nSPS) is 10.8. The van der Waals surface area contributed by atoms with Crippen molar-refractivity contribution < 1.29 is 0 Å². The van der Waals surface area contributed by atoms with Crippen LogP contribution in [0.15, 0.2) is 48.5 Å². The van der Waals surface area contributed by atoms with Crippen molar-refractivity contribution in [2.24, 2.45) is 0 Å². The number of nitrogens with zero attached hydrogens (tertiary/aromatic N) is 2. The Labute approximate surface area is 93.7 Å². The Morgan fingerprint density at radius 2 is 1.75 bits per heavy atom. The molecule has 0 unspecified atom stereocenters. The van der Waals surface area contributed by atoms with Crippen molar-refractivity contribution in [3.05, 3.63) is 54.1 Å². The van der Waals surface area contributed by atoms with E-state index in [2.05, 4.69) is 0 Å². The molecule has 2 nitrogen and oxygen atoms in total. The van der Waals surface area contributed by atoms with E-state index in [4.69, 9.17) is 10.5 Å². The lowest BCUT2D eigenvalue weighted by molar-refractivity contribution is 1.51. The zero-order valence-corrected chi connectivity index (χ0v) is 8.51. The highest BCUT2D eigenvalue weighted by Gasteiger charge is 2.01. The number of hydrogen-bond acceptors (Lipinski definition) is 2. The number of allylic oxidation sites excluding steroid dienone is 2. The van der Waals surface area contributed by atoms with Crippen molar-refractivity contribution in [1.29, 1.82) is 10.5 Å². The fraction of sp³-hybridized carbons (Fsp3) is 0. The van der Waals surface area contributed by atoms with Crippen LogP contribution in [0.25, 0.3) is 16.3 Å². The van der Waals surface area contributed by atoms with Gasteiger partial charge in [0.1, 0.15) is 6.07 Å². The van der Waals surface area contributed by atoms with E-state index in [9.17, 15) is 0 Å². The molecule has 0 aliphatic heterocycles. The summed E-state index contributed by atoms with van der Waals surface area (Å²) in [6, 6.07) is 17.5. The van der Waals surface area contributed by atoms with Crippen LogP contribution in [0.2, 0.25) is 0 Å². The first-order valence-corrected chi connectivity index (χ1v) is 4.84. The summed E-state index contributed by atoms with van der Waals surface area (Å²) < 4.78 is 0. The number of hydrogen-bond donors (Lipinski definition) is 0. The largest absolute Gasteiger partial charge is 0.193 e. The van der Waals surface area contributed by atoms with E-state index in [1.54, 1.807) is 0 Å². The Kier molecular flexibility index (Phi) is 2.67. The van der Waals surface area contributed by atoms with E-state index in [0.29, 0.717) is 5.57 Å². The Hall–Kier alpha value is -2.58. The molecule has 2 aromatic carbocycles. The van der Waals surface area contributed by atoms with Gasteiger partial charge in [-0.15, -0.1) is 0 Å². The van der Waals surface area contributed by atoms with Crippen LogP contribution in [-0.2, 0) is 0 Å². The molecule has 2 aromatic rings. The van der Waals surface area contributed by atoms with Gasteiger partial charge in [-0.25, -0.2) is 0 Å². The highest BCUT2D eigenvalue weighted by atomic mass is 14.3. The van der Waals surface area contributed by atoms with Crippen molar-refractivity contribution in [2.75, 3.05) is 0 Å². The second kappa shape index (κ2) is 4.29. The van der Waals surface area contributed by atoms with Crippen molar-refractivity contribution >= 4 is 16.3 Å². The Morgan fingerprint density at radius 3 is 2.44 bits per heavy atom. The third-order valence-electron chi connectivity index (χ3n) is 2.39. The molecule has 0 fully saturated rings. The Bertz CT molecular complexity index is 640. The molecule has 0 amide bonds. The molecule has 0 saturated carbocycles. The molecular weight excluding hydrogens is 196 g/mol. The molecule has 0 N–H and O–H groups in total. The molecule has 16 heavy (non-hydrogen) atoms. The van der Waals surface area contributed by atoms with Gasteiger partial charge in [0.15, 0.2) is 0 Å². The zero-order chi connectivity index (χ0) is 11.4. The van der Waals surface area contributed by atoms with Crippen molar-refractivity contribution in [1.82, 2.24) is 0 Å². The van der Waals surface area contributed by atoms with Crippen molar-refractivity contribution in [3.63, 3.8) is 0 Å². The molecule has 0 spiro atoms. The predicted molar refractivity (Wildman–Crippen MR) is 63.2 cm³/mol. The second-order valence-corrected chi connectivity index (χ2v) is 3.36. The molecule has 2 rings (SSSR count). The summed E-state index contributed by atoms with van der Waals surface area (Å²) in [6.07, 6.45) is 1.27. The van der Waals surface area contributed by atoms with E-state index < -0.39 is 0 Å². The summed E-state index contributed by atoms with van der Waals surface area (Å²) in [5, 5.41) is 19.7. The number of rotatable bonds is 1. The van der Waals surface area contributed by atoms with Gasteiger partial charge in [-0.1, -0.05) is 36.4 Å². The lowest BCUT2D eigenvalue weighted by atomic mass is 10.0. The standard InChI is InChI=1S/C14H8N2/c15-8-7-14(10-16)13-6-5-11-3-1-2-4-12(11)9-13/h1-7,9H/b14-7+. The summed E-state index contributed by atoms with van der Waals surface area (Å²) in [5.41, 5.74) is 1.18. The fourth-order valence-corrected chi connectivity index (χ4v) is 1.60. The summed E-state index contributed by atoms with van der Waals surface area (Å²) >= 11 is 0. The first kappa shape index (κ1) is 9.96. The van der Waals surface area contributed by atoms with Crippen molar-refractivity contribution in [2.45, 2.75) is 0 Å². The van der Waals surface area contributed by atoms with Crippen LogP contribution in [0.3, 0.4) is 0 Å². The van der Waals surface area contributed by atoms with Gasteiger partial charge in [-0.05, 0) is 22.4 Å². The molecule has 74 valence electrons. The topological polar surface area (TPSA) is 47.6 Å². The lowest BCUT2D eigenvalue weighted by Crippen LogP contribution is -1.81. The van der Waals surface area contributed by atoms with E-state index in [1.165, 1.54) is 6.08 Å². The average molecular weight is 204 g/mol. The van der Waals surface area contributed by atoms with Gasteiger partial charge in [0.05, 0.1) is 11.6 Å². The molecule has 0 radical (unpaired) electrons. The minimum atomic E-state index is 0.397. The second-order valence-electron chi connectivity index (χ2n) is 3.36. The fourth-order valence-electron chi connectivity index (χ4n) is 1.60. The SMILES string of the molecule is N#C/C=C(\C#N)c1ccc2ccccc2c1. The van der Waals surface area contributed by atoms with Gasteiger partial charge in [-0.3, -0.25) is 0 Å². The minimum Gasteiger partial charge on any atom is -0.193 e. The molecule has 0 atom stereocenters. The van der Waals surface area contributed by atoms with Crippen LogP contribution in [0, 0.1) is 22.7 Å². The van der Waals surface area contributed by atoms with Gasteiger partial charge < -0.3 is 0 Å². The number of fused-ring (bicyclic) bond motifs is 1. The highest BCUT2D eigenvalue weighted by Crippen LogP contribution is 2.20. The third kappa shape index (κ3) is 1.78. The predicted octanol–water partition coefficient (Wildman–Crippen LogP) is 3.27. The highest BCUT2D eigenvalue weighted by molar-refractivity contribution is 5.89. The van der Waals surface area contributed by atoms with Crippen LogP contribution in [0.1, 0.15) is 5.56 Å². The molecule has 0 aromatic heterocycles. The van der Waals surface area contributed by atoms with Gasteiger partial charge in [-0.2, -0.15) is 10.5 Å². The van der Waals surface area contributed by atoms with E-state index in [0.717, 1.165) is 16.3 Å². The Morgan fingerprint density at radius 1 is 1.00 bits per heavy atom. The Balaban J connectivity index is 2.61. The maximum absolute atomic E-state index is 8.91. The van der Waals surface area contributed by atoms with E-state index >= 15 is 0 Å². The number of nitriles is 2. The molecule has 0 saturated heterocycles. The first-order chi connectivity index (χ1) is 7.85. The van der Waals surface area contributed by atoms with Crippen LogP contribution in [0.5, 0.6) is 0 Å². The van der Waals surface area contributed by atoms with Crippen LogP contribution in [-0.4, -0.2) is 0 Å². The average Bonchev–Trinajstić information content (AvgIpc) is 2.35. The molecular formula is C14H8N2. The maximum Gasteiger partial charge on any atom is 0.101 e. The molecule has 0 heterocycles. The van der Waals surface area contributed by atoms with Crippen LogP contribution >= 0.6 is 0 Å². The summed E-state index contributed by atoms with van der Waals surface area (Å²) in [4.78, 5) is 0. The zero-order valence-electron chi connectivity index (χ0n) is 8.51. The van der Waals surface area contributed by atoms with Crippen LogP contribution < -0.4 is 0 Å². The summed E-state index contributed by atoms with van der Waals surface area (Å²) in [6.45, 7) is 0. The monoisotopic (exact) mass is 204 g/mol. The summed E-state index contributed by atoms with van der Waals surface area (Å²) in [7, 11) is 0. The van der Waals surface area contributed by atoms with E-state index in [-0.39, 0.29) is 0 Å². The molecule has 0 aliphatic rings. The lowest BCUT2D eigenvalue weighted by Gasteiger charge is -2.01. The third-order valence-corrected chi connectivity index (χ3v) is 2.39. The van der Waals surface area contributed by atoms with E-state index in [1.807, 2.05) is 54.6 Å². The minimum absolute atomic E-state index is 0.397. The first-order valence-electron chi connectivity index (χ1n) is 4.84. The summed E-state index contributed by atoms with van der Waals surface area (Å²) in [5.74, 6) is 0. The molecule has 2 heteroatoms. The van der Waals surface area contributed by atoms with Gasteiger partial charge in [0.25, 0.3) is 0 Å². The smallest absolute Gasteiger partial charge is 0.101 e. The van der Waals surface area contributed by atoms with Crippen LogP contribution in [0.4, 0.5) is 0 Å². The molecule has 0 bridgehead atoms.